The Kier molecular flexibility index (Phi) is 4.21. The van der Waals surface area contributed by atoms with Crippen molar-refractivity contribution in [3.8, 4) is 5.75 Å². The molecule has 0 unspecified atom stereocenters. The Balaban J connectivity index is 2.12. The fourth-order valence-electron chi connectivity index (χ4n) is 1.64. The van der Waals surface area contributed by atoms with Gasteiger partial charge in [0.2, 0.25) is 0 Å². The fraction of sp³-hybridized carbons (Fsp3) is 0.0714. The number of nitrogens with one attached hydrogen (secondary N) is 1. The highest BCUT2D eigenvalue weighted by atomic mass is 16.5. The second-order valence-corrected chi connectivity index (χ2v) is 3.92. The number of rotatable bonds is 4. The molecule has 100 valence electrons. The zero-order valence-corrected chi connectivity index (χ0v) is 10.8. The molecule has 0 saturated carbocycles. The van der Waals surface area contributed by atoms with Gasteiger partial charge in [-0.05, 0) is 29.8 Å². The molecule has 0 aliphatic rings. The average molecular weight is 268 g/mol. The van der Waals surface area contributed by atoms with Crippen LogP contribution < -0.4 is 10.1 Å². The third-order valence-corrected chi connectivity index (χ3v) is 2.62. The molecule has 0 aromatic heterocycles. The highest BCUT2D eigenvalue weighted by Crippen LogP contribution is 2.18. The van der Waals surface area contributed by atoms with E-state index in [1.165, 1.54) is 0 Å². The van der Waals surface area contributed by atoms with Crippen molar-refractivity contribution in [2.45, 2.75) is 0 Å². The molecule has 0 bridgehead atoms. The maximum atomic E-state index is 12.0. The van der Waals surface area contributed by atoms with Crippen molar-refractivity contribution in [3.05, 3.63) is 64.5 Å². The van der Waals surface area contributed by atoms with Crippen molar-refractivity contribution in [1.29, 1.82) is 0 Å². The molecule has 0 heterocycles. The average Bonchev–Trinajstić information content (AvgIpc) is 2.48. The van der Waals surface area contributed by atoms with E-state index in [9.17, 15) is 4.79 Å². The second kappa shape index (κ2) is 6.26. The Morgan fingerprint density at radius 1 is 1.25 bits per heavy atom. The van der Waals surface area contributed by atoms with Gasteiger partial charge < -0.3 is 10.1 Å². The van der Waals surface area contributed by atoms with Crippen molar-refractivity contribution in [3.63, 3.8) is 0 Å². The summed E-state index contributed by atoms with van der Waals surface area (Å²) in [5.41, 5.74) is 9.90. The molecule has 0 aliphatic carbocycles. The summed E-state index contributed by atoms with van der Waals surface area (Å²) < 4.78 is 5.09. The van der Waals surface area contributed by atoms with E-state index in [1.54, 1.807) is 55.6 Å². The molecule has 20 heavy (non-hydrogen) atoms. The molecule has 0 fully saturated rings. The van der Waals surface area contributed by atoms with E-state index in [0.717, 1.165) is 0 Å². The number of methoxy groups -OCH3 is 1. The van der Waals surface area contributed by atoms with E-state index in [1.807, 2.05) is 0 Å². The van der Waals surface area contributed by atoms with Crippen LogP contribution in [0.1, 0.15) is 10.4 Å². The molecule has 0 saturated heterocycles. The van der Waals surface area contributed by atoms with E-state index < -0.39 is 0 Å². The molecule has 1 amide bonds. The van der Waals surface area contributed by atoms with Crippen LogP contribution in [0, 0.1) is 0 Å². The van der Waals surface area contributed by atoms with Crippen LogP contribution in [-0.4, -0.2) is 13.0 Å². The predicted octanol–water partition coefficient (Wildman–Crippen LogP) is 3.89. The minimum Gasteiger partial charge on any atom is -0.497 e. The molecule has 2 rings (SSSR count). The number of carbonyl (C=O) groups excluding carboxylic acids is 1. The number of carbonyl (C=O) groups is 1. The van der Waals surface area contributed by atoms with Crippen molar-refractivity contribution in [2.24, 2.45) is 5.11 Å². The Hall–Kier alpha value is -2.98. The topological polar surface area (TPSA) is 87.1 Å². The molecule has 0 radical (unpaired) electrons. The van der Waals surface area contributed by atoms with Gasteiger partial charge in [-0.2, -0.15) is 0 Å². The van der Waals surface area contributed by atoms with Gasteiger partial charge in [0.15, 0.2) is 0 Å². The van der Waals surface area contributed by atoms with Gasteiger partial charge in [-0.3, -0.25) is 4.79 Å². The van der Waals surface area contributed by atoms with Gasteiger partial charge in [0, 0.05) is 27.9 Å². The lowest BCUT2D eigenvalue weighted by molar-refractivity contribution is 0.102. The molecule has 2 aromatic rings. The molecule has 6 heteroatoms. The van der Waals surface area contributed by atoms with Crippen LogP contribution in [0.15, 0.2) is 53.6 Å². The smallest absolute Gasteiger partial charge is 0.255 e. The summed E-state index contributed by atoms with van der Waals surface area (Å²) in [6.45, 7) is 0. The third-order valence-electron chi connectivity index (χ3n) is 2.62. The minimum atomic E-state index is -0.245. The number of benzene rings is 2. The fourth-order valence-corrected chi connectivity index (χ4v) is 1.64. The van der Waals surface area contributed by atoms with Crippen LogP contribution in [-0.2, 0) is 0 Å². The van der Waals surface area contributed by atoms with E-state index in [0.29, 0.717) is 22.7 Å². The molecule has 0 atom stereocenters. The lowest BCUT2D eigenvalue weighted by Gasteiger charge is -2.07. The monoisotopic (exact) mass is 268 g/mol. The molecule has 0 spiro atoms. The Labute approximate surface area is 115 Å². The summed E-state index contributed by atoms with van der Waals surface area (Å²) in [5, 5.41) is 6.21. The molecule has 2 aromatic carbocycles. The molecule has 1 N–H and O–H groups in total. The van der Waals surface area contributed by atoms with E-state index in [2.05, 4.69) is 15.3 Å². The Bertz CT molecular complexity index is 661. The van der Waals surface area contributed by atoms with Crippen LogP contribution >= 0.6 is 0 Å². The summed E-state index contributed by atoms with van der Waals surface area (Å²) in [4.78, 5) is 14.7. The Morgan fingerprint density at radius 3 is 2.65 bits per heavy atom. The zero-order valence-electron chi connectivity index (χ0n) is 10.8. The number of hydrogen-bond acceptors (Lipinski definition) is 3. The highest BCUT2D eigenvalue weighted by Gasteiger charge is 2.06. The summed E-state index contributed by atoms with van der Waals surface area (Å²) >= 11 is 0. The van der Waals surface area contributed by atoms with Gasteiger partial charge >= 0.3 is 0 Å². The number of ether oxygens (including phenoxy) is 1. The van der Waals surface area contributed by atoms with Gasteiger partial charge in [0.1, 0.15) is 5.75 Å². The first kappa shape index (κ1) is 13.5. The first-order valence-corrected chi connectivity index (χ1v) is 5.83. The quantitative estimate of drug-likeness (QED) is 0.518. The molecular formula is C14H12N4O2. The van der Waals surface area contributed by atoms with Crippen LogP contribution in [0.4, 0.5) is 11.4 Å². The standard InChI is InChI=1S/C14H12N4O2/c1-20-13-4-2-3-12(9-13)16-14(19)10-5-7-11(8-6-10)17-18-15/h2-9H,1H3,(H,16,19). The molecule has 6 nitrogen and oxygen atoms in total. The summed E-state index contributed by atoms with van der Waals surface area (Å²) in [6.07, 6.45) is 0. The van der Waals surface area contributed by atoms with Crippen molar-refractivity contribution in [1.82, 2.24) is 0 Å². The van der Waals surface area contributed by atoms with Gasteiger partial charge in [0.25, 0.3) is 5.91 Å². The third kappa shape index (κ3) is 3.28. The summed E-state index contributed by atoms with van der Waals surface area (Å²) in [6, 6.07) is 13.4. The predicted molar refractivity (Wildman–Crippen MR) is 76.2 cm³/mol. The molecule has 0 aliphatic heterocycles. The normalized spacial score (nSPS) is 9.45. The number of amides is 1. The minimum absolute atomic E-state index is 0.245. The van der Waals surface area contributed by atoms with Crippen molar-refractivity contribution in [2.75, 3.05) is 12.4 Å². The zero-order chi connectivity index (χ0) is 14.4. The van der Waals surface area contributed by atoms with Crippen LogP contribution in [0.2, 0.25) is 0 Å². The lowest BCUT2D eigenvalue weighted by Crippen LogP contribution is -2.11. The van der Waals surface area contributed by atoms with Crippen LogP contribution in [0.3, 0.4) is 0 Å². The molecular weight excluding hydrogens is 256 g/mol. The van der Waals surface area contributed by atoms with Gasteiger partial charge in [-0.15, -0.1) is 0 Å². The van der Waals surface area contributed by atoms with Crippen LogP contribution in [0.5, 0.6) is 5.75 Å². The van der Waals surface area contributed by atoms with Gasteiger partial charge in [-0.25, -0.2) is 0 Å². The second-order valence-electron chi connectivity index (χ2n) is 3.92. The highest BCUT2D eigenvalue weighted by molar-refractivity contribution is 6.04. The van der Waals surface area contributed by atoms with E-state index in [-0.39, 0.29) is 5.91 Å². The van der Waals surface area contributed by atoms with Crippen molar-refractivity contribution < 1.29 is 9.53 Å². The number of anilines is 1. The largest absolute Gasteiger partial charge is 0.497 e. The SMILES string of the molecule is COc1cccc(NC(=O)c2ccc(N=[N+]=[N-])cc2)c1. The maximum absolute atomic E-state index is 12.0. The lowest BCUT2D eigenvalue weighted by atomic mass is 10.2. The number of hydrogen-bond donors (Lipinski definition) is 1. The van der Waals surface area contributed by atoms with E-state index in [4.69, 9.17) is 10.3 Å². The van der Waals surface area contributed by atoms with Gasteiger partial charge in [0.05, 0.1) is 7.11 Å². The Morgan fingerprint density at radius 2 is 2.00 bits per heavy atom. The van der Waals surface area contributed by atoms with Crippen LogP contribution in [0.25, 0.3) is 10.4 Å². The van der Waals surface area contributed by atoms with Crippen molar-refractivity contribution >= 4 is 17.3 Å². The summed E-state index contributed by atoms with van der Waals surface area (Å²) in [5.74, 6) is 0.423. The van der Waals surface area contributed by atoms with Gasteiger partial charge in [-0.1, -0.05) is 23.3 Å². The number of nitrogens with zero attached hydrogens (tertiary/aromatic N) is 3. The summed E-state index contributed by atoms with van der Waals surface area (Å²) in [7, 11) is 1.56. The maximum Gasteiger partial charge on any atom is 0.255 e. The first-order valence-electron chi connectivity index (χ1n) is 5.83. The first-order chi connectivity index (χ1) is 9.72. The number of azide groups is 1. The van der Waals surface area contributed by atoms with E-state index >= 15 is 0 Å².